The van der Waals surface area contributed by atoms with E-state index in [1.54, 1.807) is 6.20 Å². The summed E-state index contributed by atoms with van der Waals surface area (Å²) in [5.41, 5.74) is 6.10. The molecule has 2 N–H and O–H groups in total. The number of fused-ring (bicyclic) bond motifs is 1. The summed E-state index contributed by atoms with van der Waals surface area (Å²) in [6.07, 6.45) is 1.79. The Morgan fingerprint density at radius 1 is 0.967 bits per heavy atom. The van der Waals surface area contributed by atoms with Crippen LogP contribution >= 0.6 is 0 Å². The Balaban J connectivity index is 1.75. The maximum Gasteiger partial charge on any atom is 0.156 e. The summed E-state index contributed by atoms with van der Waals surface area (Å²) < 4.78 is 0. The monoisotopic (exact) mass is 398 g/mol. The van der Waals surface area contributed by atoms with Gasteiger partial charge in [0.2, 0.25) is 0 Å². The minimum atomic E-state index is -0.222. The SMILES string of the molecule is Cc1cccnc1-c1ccc2c(Nc3ccc(C(C)(C)C)cc3)nc(CO)nc2c1. The summed E-state index contributed by atoms with van der Waals surface area (Å²) >= 11 is 0. The van der Waals surface area contributed by atoms with Crippen LogP contribution in [0.25, 0.3) is 22.2 Å². The zero-order valence-electron chi connectivity index (χ0n) is 17.8. The maximum absolute atomic E-state index is 9.68. The van der Waals surface area contributed by atoms with Crippen LogP contribution in [0.2, 0.25) is 0 Å². The molecule has 0 saturated carbocycles. The van der Waals surface area contributed by atoms with Crippen LogP contribution in [0.15, 0.2) is 60.8 Å². The van der Waals surface area contributed by atoms with Crippen LogP contribution in [0.4, 0.5) is 11.5 Å². The third-order valence-corrected chi connectivity index (χ3v) is 5.18. The molecule has 0 aliphatic rings. The van der Waals surface area contributed by atoms with Gasteiger partial charge in [0.25, 0.3) is 0 Å². The van der Waals surface area contributed by atoms with Crippen molar-refractivity contribution in [1.82, 2.24) is 15.0 Å². The topological polar surface area (TPSA) is 70.9 Å². The van der Waals surface area contributed by atoms with Gasteiger partial charge < -0.3 is 10.4 Å². The van der Waals surface area contributed by atoms with Crippen LogP contribution in [-0.2, 0) is 12.0 Å². The average molecular weight is 399 g/mol. The normalized spacial score (nSPS) is 11.6. The molecule has 152 valence electrons. The maximum atomic E-state index is 9.68. The van der Waals surface area contributed by atoms with Crippen LogP contribution in [0.3, 0.4) is 0 Å². The lowest BCUT2D eigenvalue weighted by atomic mass is 9.87. The molecule has 0 saturated heterocycles. The smallest absolute Gasteiger partial charge is 0.156 e. The van der Waals surface area contributed by atoms with E-state index in [1.165, 1.54) is 5.56 Å². The highest BCUT2D eigenvalue weighted by atomic mass is 16.3. The van der Waals surface area contributed by atoms with Crippen LogP contribution in [-0.4, -0.2) is 20.1 Å². The van der Waals surface area contributed by atoms with E-state index in [9.17, 15) is 5.11 Å². The number of nitrogens with zero attached hydrogens (tertiary/aromatic N) is 3. The highest BCUT2D eigenvalue weighted by Crippen LogP contribution is 2.30. The first kappa shape index (κ1) is 20.0. The molecule has 0 amide bonds. The Kier molecular flexibility index (Phi) is 5.22. The van der Waals surface area contributed by atoms with Crippen LogP contribution in [0.1, 0.15) is 37.7 Å². The minimum Gasteiger partial charge on any atom is -0.388 e. The van der Waals surface area contributed by atoms with Crippen LogP contribution in [0, 0.1) is 6.92 Å². The predicted octanol–water partition coefficient (Wildman–Crippen LogP) is 5.53. The fourth-order valence-electron chi connectivity index (χ4n) is 3.47. The molecular weight excluding hydrogens is 372 g/mol. The third-order valence-electron chi connectivity index (χ3n) is 5.18. The van der Waals surface area contributed by atoms with Crippen molar-refractivity contribution < 1.29 is 5.11 Å². The van der Waals surface area contributed by atoms with Crippen molar-refractivity contribution in [2.45, 2.75) is 39.7 Å². The van der Waals surface area contributed by atoms with E-state index in [1.807, 2.05) is 37.3 Å². The van der Waals surface area contributed by atoms with E-state index in [0.717, 1.165) is 33.4 Å². The Morgan fingerprint density at radius 3 is 2.40 bits per heavy atom. The lowest BCUT2D eigenvalue weighted by Crippen LogP contribution is -2.10. The van der Waals surface area contributed by atoms with Crippen molar-refractivity contribution in [2.75, 3.05) is 5.32 Å². The number of aryl methyl sites for hydroxylation is 1. The number of aliphatic hydroxyl groups excluding tert-OH is 1. The minimum absolute atomic E-state index is 0.101. The summed E-state index contributed by atoms with van der Waals surface area (Å²) in [6, 6.07) is 18.4. The van der Waals surface area contributed by atoms with Gasteiger partial charge in [-0.2, -0.15) is 0 Å². The first-order chi connectivity index (χ1) is 14.3. The molecule has 0 spiro atoms. The number of anilines is 2. The highest BCUT2D eigenvalue weighted by Gasteiger charge is 2.14. The molecule has 2 aromatic heterocycles. The Hall–Kier alpha value is -3.31. The van der Waals surface area contributed by atoms with Crippen molar-refractivity contribution >= 4 is 22.4 Å². The molecule has 0 aliphatic heterocycles. The molecule has 0 atom stereocenters. The molecule has 30 heavy (non-hydrogen) atoms. The van der Waals surface area contributed by atoms with Gasteiger partial charge >= 0.3 is 0 Å². The Morgan fingerprint density at radius 2 is 1.73 bits per heavy atom. The van der Waals surface area contributed by atoms with Gasteiger partial charge in [0.1, 0.15) is 12.4 Å². The van der Waals surface area contributed by atoms with E-state index >= 15 is 0 Å². The summed E-state index contributed by atoms with van der Waals surface area (Å²) in [5, 5.41) is 14.0. The molecule has 5 nitrogen and oxygen atoms in total. The van der Waals surface area contributed by atoms with E-state index in [-0.39, 0.29) is 12.0 Å². The first-order valence-corrected chi connectivity index (χ1v) is 10.1. The molecular formula is C25H26N4O. The molecule has 0 fully saturated rings. The van der Waals surface area contributed by atoms with Crippen LogP contribution < -0.4 is 5.32 Å². The van der Waals surface area contributed by atoms with E-state index < -0.39 is 0 Å². The first-order valence-electron chi connectivity index (χ1n) is 10.1. The number of pyridine rings is 1. The van der Waals surface area contributed by atoms with Gasteiger partial charge in [-0.05, 0) is 53.8 Å². The lowest BCUT2D eigenvalue weighted by molar-refractivity contribution is 0.272. The van der Waals surface area contributed by atoms with Gasteiger partial charge in [0.15, 0.2) is 5.82 Å². The third kappa shape index (κ3) is 4.02. The molecule has 0 radical (unpaired) electrons. The van der Waals surface area contributed by atoms with Crippen molar-refractivity contribution in [3.05, 3.63) is 77.7 Å². The van der Waals surface area contributed by atoms with E-state index in [2.05, 4.69) is 65.3 Å². The quantitative estimate of drug-likeness (QED) is 0.473. The molecule has 4 rings (SSSR count). The number of aliphatic hydroxyl groups is 1. The molecule has 4 aromatic rings. The van der Waals surface area contributed by atoms with Gasteiger partial charge in [-0.25, -0.2) is 9.97 Å². The van der Waals surface area contributed by atoms with Crippen LogP contribution in [0.5, 0.6) is 0 Å². The standard InChI is InChI=1S/C25H26N4O/c1-16-6-5-13-26-23(16)17-7-12-20-21(14-17)28-22(15-30)29-24(20)27-19-10-8-18(9-11-19)25(2,3)4/h5-14,30H,15H2,1-4H3,(H,27,28,29). The van der Waals surface area contributed by atoms with Crippen molar-refractivity contribution in [3.8, 4) is 11.3 Å². The number of hydrogen-bond donors (Lipinski definition) is 2. The van der Waals surface area contributed by atoms with Gasteiger partial charge in [0, 0.05) is 22.8 Å². The highest BCUT2D eigenvalue weighted by molar-refractivity contribution is 5.93. The zero-order chi connectivity index (χ0) is 21.3. The second-order valence-electron chi connectivity index (χ2n) is 8.50. The molecule has 0 bridgehead atoms. The average Bonchev–Trinajstić information content (AvgIpc) is 2.73. The number of benzene rings is 2. The predicted molar refractivity (Wildman–Crippen MR) is 122 cm³/mol. The van der Waals surface area contributed by atoms with Crippen molar-refractivity contribution in [2.24, 2.45) is 0 Å². The second kappa shape index (κ2) is 7.84. The van der Waals surface area contributed by atoms with E-state index in [4.69, 9.17) is 0 Å². The summed E-state index contributed by atoms with van der Waals surface area (Å²) in [4.78, 5) is 13.6. The molecule has 2 heterocycles. The number of hydrogen-bond acceptors (Lipinski definition) is 5. The van der Waals surface area contributed by atoms with Gasteiger partial charge in [-0.15, -0.1) is 0 Å². The Labute approximate surface area is 176 Å². The van der Waals surface area contributed by atoms with Crippen molar-refractivity contribution in [3.63, 3.8) is 0 Å². The summed E-state index contributed by atoms with van der Waals surface area (Å²) in [5.74, 6) is 1.06. The lowest BCUT2D eigenvalue weighted by Gasteiger charge is -2.19. The molecule has 0 aliphatic carbocycles. The summed E-state index contributed by atoms with van der Waals surface area (Å²) in [6.45, 7) is 8.41. The van der Waals surface area contributed by atoms with E-state index in [0.29, 0.717) is 11.6 Å². The largest absolute Gasteiger partial charge is 0.388 e. The zero-order valence-corrected chi connectivity index (χ0v) is 17.8. The fraction of sp³-hybridized carbons (Fsp3) is 0.240. The summed E-state index contributed by atoms with van der Waals surface area (Å²) in [7, 11) is 0. The number of aromatic nitrogens is 3. The van der Waals surface area contributed by atoms with Crippen molar-refractivity contribution in [1.29, 1.82) is 0 Å². The van der Waals surface area contributed by atoms with Gasteiger partial charge in [0.05, 0.1) is 11.2 Å². The fourth-order valence-corrected chi connectivity index (χ4v) is 3.47. The molecule has 5 heteroatoms. The Bertz CT molecular complexity index is 1190. The number of rotatable bonds is 4. The number of nitrogens with one attached hydrogen (secondary N) is 1. The second-order valence-corrected chi connectivity index (χ2v) is 8.50. The molecule has 0 unspecified atom stereocenters. The molecule has 2 aromatic carbocycles. The van der Waals surface area contributed by atoms with Gasteiger partial charge in [-0.3, -0.25) is 4.98 Å². The van der Waals surface area contributed by atoms with Gasteiger partial charge in [-0.1, -0.05) is 45.0 Å².